The topological polar surface area (TPSA) is 65.7 Å². The van der Waals surface area contributed by atoms with Crippen molar-refractivity contribution < 1.29 is 9.47 Å². The molecule has 0 saturated heterocycles. The Bertz CT molecular complexity index is 885. The van der Waals surface area contributed by atoms with Gasteiger partial charge in [-0.05, 0) is 24.2 Å². The summed E-state index contributed by atoms with van der Waals surface area (Å²) in [6.45, 7) is 5.19. The van der Waals surface area contributed by atoms with Crippen LogP contribution in [0.4, 0.5) is 0 Å². The highest BCUT2D eigenvalue weighted by molar-refractivity contribution is 5.43. The van der Waals surface area contributed by atoms with E-state index in [1.807, 2.05) is 18.2 Å². The van der Waals surface area contributed by atoms with Crippen molar-refractivity contribution in [2.75, 3.05) is 19.8 Å². The van der Waals surface area contributed by atoms with Gasteiger partial charge < -0.3 is 9.47 Å². The highest BCUT2D eigenvalue weighted by Gasteiger charge is 2.14. The standard InChI is InChI=1S/C18H23N3O4/c1-4-21(12-14-10-17(22)20(3)18(23)19(14)2)11-13-5-6-15-16(9-13)25-8-7-24-15/h5-6,9-10H,4,7-8,11-12H2,1-3H3. The largest absolute Gasteiger partial charge is 0.486 e. The fraction of sp³-hybridized carbons (Fsp3) is 0.444. The second kappa shape index (κ2) is 7.14. The van der Waals surface area contributed by atoms with Crippen molar-refractivity contribution in [3.8, 4) is 11.5 Å². The van der Waals surface area contributed by atoms with Gasteiger partial charge in [0.1, 0.15) is 13.2 Å². The summed E-state index contributed by atoms with van der Waals surface area (Å²) >= 11 is 0. The average molecular weight is 345 g/mol. The van der Waals surface area contributed by atoms with Gasteiger partial charge in [0.2, 0.25) is 0 Å². The molecule has 0 atom stereocenters. The van der Waals surface area contributed by atoms with Gasteiger partial charge in [-0.25, -0.2) is 4.79 Å². The molecule has 0 saturated carbocycles. The van der Waals surface area contributed by atoms with E-state index in [9.17, 15) is 9.59 Å². The number of hydrogen-bond donors (Lipinski definition) is 0. The molecule has 0 bridgehead atoms. The first-order chi connectivity index (χ1) is 12.0. The van der Waals surface area contributed by atoms with Crippen molar-refractivity contribution in [2.45, 2.75) is 20.0 Å². The van der Waals surface area contributed by atoms with Crippen molar-refractivity contribution in [1.82, 2.24) is 14.0 Å². The second-order valence-corrected chi connectivity index (χ2v) is 6.16. The molecule has 1 aliphatic heterocycles. The van der Waals surface area contributed by atoms with Gasteiger partial charge >= 0.3 is 5.69 Å². The van der Waals surface area contributed by atoms with Crippen molar-refractivity contribution in [3.63, 3.8) is 0 Å². The van der Waals surface area contributed by atoms with E-state index >= 15 is 0 Å². The van der Waals surface area contributed by atoms with Crippen LogP contribution >= 0.6 is 0 Å². The summed E-state index contributed by atoms with van der Waals surface area (Å²) in [5.74, 6) is 1.53. The van der Waals surface area contributed by atoms with Crippen molar-refractivity contribution >= 4 is 0 Å². The number of hydrogen-bond acceptors (Lipinski definition) is 5. The minimum Gasteiger partial charge on any atom is -0.486 e. The molecular formula is C18H23N3O4. The molecule has 0 N–H and O–H groups in total. The van der Waals surface area contributed by atoms with E-state index in [0.29, 0.717) is 32.0 Å². The quantitative estimate of drug-likeness (QED) is 0.805. The highest BCUT2D eigenvalue weighted by Crippen LogP contribution is 2.31. The minimum absolute atomic E-state index is 0.284. The summed E-state index contributed by atoms with van der Waals surface area (Å²) < 4.78 is 13.8. The number of benzene rings is 1. The molecular weight excluding hydrogens is 322 g/mol. The van der Waals surface area contributed by atoms with Crippen LogP contribution in [0, 0.1) is 0 Å². The lowest BCUT2D eigenvalue weighted by Crippen LogP contribution is -2.39. The van der Waals surface area contributed by atoms with Gasteiger partial charge in [0.05, 0.1) is 0 Å². The normalized spacial score (nSPS) is 13.3. The summed E-state index contributed by atoms with van der Waals surface area (Å²) in [4.78, 5) is 26.1. The molecule has 0 fully saturated rings. The smallest absolute Gasteiger partial charge is 0.330 e. The Balaban J connectivity index is 1.80. The summed E-state index contributed by atoms with van der Waals surface area (Å²) in [5, 5.41) is 0. The first-order valence-corrected chi connectivity index (χ1v) is 8.36. The van der Waals surface area contributed by atoms with Crippen LogP contribution in [-0.4, -0.2) is 33.8 Å². The van der Waals surface area contributed by atoms with Crippen LogP contribution in [0.15, 0.2) is 33.9 Å². The zero-order valence-electron chi connectivity index (χ0n) is 14.8. The summed E-state index contributed by atoms with van der Waals surface area (Å²) in [5.41, 5.74) is 1.21. The highest BCUT2D eigenvalue weighted by atomic mass is 16.6. The monoisotopic (exact) mass is 345 g/mol. The first kappa shape index (κ1) is 17.3. The Hall–Kier alpha value is -2.54. The predicted molar refractivity (Wildman–Crippen MR) is 94.1 cm³/mol. The number of fused-ring (bicyclic) bond motifs is 1. The van der Waals surface area contributed by atoms with Crippen molar-refractivity contribution in [1.29, 1.82) is 0 Å². The first-order valence-electron chi connectivity index (χ1n) is 8.36. The average Bonchev–Trinajstić information content (AvgIpc) is 2.63. The van der Waals surface area contributed by atoms with Crippen LogP contribution in [0.1, 0.15) is 18.2 Å². The summed E-state index contributed by atoms with van der Waals surface area (Å²) in [6.07, 6.45) is 0. The third kappa shape index (κ3) is 3.61. The van der Waals surface area contributed by atoms with Gasteiger partial charge in [-0.2, -0.15) is 0 Å². The van der Waals surface area contributed by atoms with E-state index in [-0.39, 0.29) is 11.2 Å². The Morgan fingerprint density at radius 3 is 2.44 bits per heavy atom. The number of rotatable bonds is 5. The molecule has 7 nitrogen and oxygen atoms in total. The molecule has 0 aliphatic carbocycles. The number of aromatic nitrogens is 2. The van der Waals surface area contributed by atoms with E-state index in [1.165, 1.54) is 17.7 Å². The van der Waals surface area contributed by atoms with Crippen molar-refractivity contribution in [3.05, 3.63) is 56.4 Å². The molecule has 25 heavy (non-hydrogen) atoms. The van der Waals surface area contributed by atoms with Gasteiger partial charge in [0, 0.05) is 38.9 Å². The molecule has 2 aromatic rings. The lowest BCUT2D eigenvalue weighted by atomic mass is 10.1. The lowest BCUT2D eigenvalue weighted by molar-refractivity contribution is 0.171. The fourth-order valence-corrected chi connectivity index (χ4v) is 2.88. The zero-order chi connectivity index (χ0) is 18.0. The third-order valence-electron chi connectivity index (χ3n) is 4.47. The molecule has 0 radical (unpaired) electrons. The lowest BCUT2D eigenvalue weighted by Gasteiger charge is -2.23. The van der Waals surface area contributed by atoms with E-state index in [1.54, 1.807) is 7.05 Å². The molecule has 134 valence electrons. The second-order valence-electron chi connectivity index (χ2n) is 6.16. The van der Waals surface area contributed by atoms with Crippen LogP contribution in [0.2, 0.25) is 0 Å². The van der Waals surface area contributed by atoms with Crippen LogP contribution < -0.4 is 20.7 Å². The Morgan fingerprint density at radius 1 is 1.00 bits per heavy atom. The van der Waals surface area contributed by atoms with E-state index in [2.05, 4.69) is 11.8 Å². The maximum atomic E-state index is 12.1. The zero-order valence-corrected chi connectivity index (χ0v) is 14.8. The fourth-order valence-electron chi connectivity index (χ4n) is 2.88. The Morgan fingerprint density at radius 2 is 1.72 bits per heavy atom. The molecule has 1 aliphatic rings. The maximum Gasteiger partial charge on any atom is 0.330 e. The molecule has 1 aromatic carbocycles. The molecule has 0 spiro atoms. The molecule has 3 rings (SSSR count). The van der Waals surface area contributed by atoms with Crippen LogP contribution in [0.25, 0.3) is 0 Å². The van der Waals surface area contributed by atoms with Gasteiger partial charge in [-0.3, -0.25) is 18.8 Å². The van der Waals surface area contributed by atoms with E-state index in [4.69, 9.17) is 9.47 Å². The van der Waals surface area contributed by atoms with E-state index < -0.39 is 0 Å². The minimum atomic E-state index is -0.308. The Kier molecular flexibility index (Phi) is 4.94. The molecule has 0 amide bonds. The van der Waals surface area contributed by atoms with Crippen molar-refractivity contribution in [2.24, 2.45) is 14.1 Å². The molecule has 0 unspecified atom stereocenters. The summed E-state index contributed by atoms with van der Waals surface area (Å²) in [6, 6.07) is 7.44. The van der Waals surface area contributed by atoms with Crippen LogP contribution in [0.3, 0.4) is 0 Å². The van der Waals surface area contributed by atoms with Gasteiger partial charge in [0.15, 0.2) is 11.5 Å². The molecule has 2 heterocycles. The SMILES string of the molecule is CCN(Cc1ccc2c(c1)OCCO2)Cc1cc(=O)n(C)c(=O)n1C. The Labute approximate surface area is 146 Å². The van der Waals surface area contributed by atoms with E-state index in [0.717, 1.165) is 28.2 Å². The summed E-state index contributed by atoms with van der Waals surface area (Å²) in [7, 11) is 3.18. The van der Waals surface area contributed by atoms with Crippen LogP contribution in [0.5, 0.6) is 11.5 Å². The van der Waals surface area contributed by atoms with Gasteiger partial charge in [-0.15, -0.1) is 0 Å². The molecule has 1 aromatic heterocycles. The number of nitrogens with zero attached hydrogens (tertiary/aromatic N) is 3. The van der Waals surface area contributed by atoms with Gasteiger partial charge in [-0.1, -0.05) is 13.0 Å². The third-order valence-corrected chi connectivity index (χ3v) is 4.47. The predicted octanol–water partition coefficient (Wildman–Crippen LogP) is 0.877. The molecule has 7 heteroatoms. The maximum absolute atomic E-state index is 12.1. The van der Waals surface area contributed by atoms with Crippen LogP contribution in [-0.2, 0) is 27.2 Å². The van der Waals surface area contributed by atoms with Gasteiger partial charge in [0.25, 0.3) is 5.56 Å². The number of ether oxygens (including phenoxy) is 2.